The summed E-state index contributed by atoms with van der Waals surface area (Å²) >= 11 is 0. The average Bonchev–Trinajstić information content (AvgIpc) is 3.48. The van der Waals surface area contributed by atoms with Gasteiger partial charge in [-0.3, -0.25) is 9.59 Å². The van der Waals surface area contributed by atoms with Gasteiger partial charge >= 0.3 is 11.9 Å². The number of fused-ring (bicyclic) bond motifs is 6. The molecule has 2 aliphatic carbocycles. The second kappa shape index (κ2) is 10.9. The van der Waals surface area contributed by atoms with E-state index >= 15 is 0 Å². The number of esters is 2. The molecule has 0 aromatic heterocycles. The molecule has 196 valence electrons. The highest BCUT2D eigenvalue weighted by atomic mass is 16.6. The molecule has 39 heavy (non-hydrogen) atoms. The van der Waals surface area contributed by atoms with Crippen LogP contribution in [-0.4, -0.2) is 31.7 Å². The first-order chi connectivity index (χ1) is 19.2. The standard InChI is InChI=1S/C34H31NO4/c35-19-9-18-30(33(36)38-20-31-26-14-5-1-10-22(26)23-11-2-6-15-27(23)31)34(37)39-21-32-28-16-7-3-12-24(28)25-13-4-8-17-29(25)32/h1-8,10-17,30-32H,9,18-21,35H2. The van der Waals surface area contributed by atoms with Gasteiger partial charge in [0.15, 0.2) is 5.92 Å². The summed E-state index contributed by atoms with van der Waals surface area (Å²) in [5.41, 5.74) is 14.9. The van der Waals surface area contributed by atoms with Gasteiger partial charge in [-0.2, -0.15) is 0 Å². The van der Waals surface area contributed by atoms with Gasteiger partial charge in [-0.25, -0.2) is 0 Å². The Balaban J connectivity index is 1.16. The molecule has 4 aromatic carbocycles. The third-order valence-corrected chi connectivity index (χ3v) is 7.98. The molecule has 0 fully saturated rings. The molecule has 0 heterocycles. The van der Waals surface area contributed by atoms with Gasteiger partial charge in [0.25, 0.3) is 0 Å². The first-order valence-corrected chi connectivity index (χ1v) is 13.6. The van der Waals surface area contributed by atoms with Crippen LogP contribution in [0.2, 0.25) is 0 Å². The summed E-state index contributed by atoms with van der Waals surface area (Å²) in [4.78, 5) is 26.6. The number of carbonyl (C=O) groups excluding carboxylic acids is 2. The van der Waals surface area contributed by atoms with Crippen LogP contribution in [0.25, 0.3) is 22.3 Å². The van der Waals surface area contributed by atoms with Crippen LogP contribution < -0.4 is 5.73 Å². The first-order valence-electron chi connectivity index (χ1n) is 13.6. The lowest BCUT2D eigenvalue weighted by Gasteiger charge is -2.20. The Hall–Kier alpha value is -4.22. The first kappa shape index (κ1) is 25.1. The van der Waals surface area contributed by atoms with E-state index in [0.29, 0.717) is 19.4 Å². The smallest absolute Gasteiger partial charge is 0.320 e. The molecule has 2 N–H and O–H groups in total. The van der Waals surface area contributed by atoms with Crippen LogP contribution >= 0.6 is 0 Å². The fourth-order valence-corrected chi connectivity index (χ4v) is 6.06. The maximum Gasteiger partial charge on any atom is 0.320 e. The molecule has 5 heteroatoms. The molecule has 0 saturated carbocycles. The van der Waals surface area contributed by atoms with Crippen LogP contribution in [0.5, 0.6) is 0 Å². The molecule has 0 unspecified atom stereocenters. The van der Waals surface area contributed by atoms with Crippen molar-refractivity contribution in [3.05, 3.63) is 119 Å². The van der Waals surface area contributed by atoms with Gasteiger partial charge < -0.3 is 15.2 Å². The number of rotatable bonds is 9. The zero-order chi connectivity index (χ0) is 26.8. The predicted octanol–water partition coefficient (Wildman–Crippen LogP) is 6.05. The van der Waals surface area contributed by atoms with E-state index in [1.54, 1.807) is 0 Å². The number of hydrogen-bond acceptors (Lipinski definition) is 5. The molecular weight excluding hydrogens is 486 g/mol. The maximum absolute atomic E-state index is 13.3. The normalized spacial score (nSPS) is 13.5. The molecule has 0 atom stereocenters. The molecule has 0 spiro atoms. The van der Waals surface area contributed by atoms with E-state index in [1.807, 2.05) is 48.5 Å². The highest BCUT2D eigenvalue weighted by Crippen LogP contribution is 2.45. The van der Waals surface area contributed by atoms with E-state index in [4.69, 9.17) is 15.2 Å². The number of nitrogens with two attached hydrogens (primary N) is 1. The van der Waals surface area contributed by atoms with Crippen molar-refractivity contribution >= 4 is 11.9 Å². The van der Waals surface area contributed by atoms with E-state index in [0.717, 1.165) is 44.5 Å². The Morgan fingerprint density at radius 2 is 0.923 bits per heavy atom. The van der Waals surface area contributed by atoms with Gasteiger partial charge in [-0.1, -0.05) is 97.1 Å². The molecule has 0 aliphatic heterocycles. The van der Waals surface area contributed by atoms with Crippen molar-refractivity contribution in [1.29, 1.82) is 0 Å². The Kier molecular flexibility index (Phi) is 6.99. The van der Waals surface area contributed by atoms with Gasteiger partial charge in [0.2, 0.25) is 0 Å². The Bertz CT molecular complexity index is 1330. The predicted molar refractivity (Wildman–Crippen MR) is 151 cm³/mol. The van der Waals surface area contributed by atoms with Crippen molar-refractivity contribution in [2.45, 2.75) is 24.7 Å². The Morgan fingerprint density at radius 1 is 0.590 bits per heavy atom. The number of carbonyl (C=O) groups is 2. The topological polar surface area (TPSA) is 78.6 Å². The minimum absolute atomic E-state index is 0.0704. The molecule has 0 radical (unpaired) electrons. The van der Waals surface area contributed by atoms with E-state index < -0.39 is 17.9 Å². The Labute approximate surface area is 228 Å². The SMILES string of the molecule is NCCCC(C(=O)OCC1c2ccccc2-c2ccccc21)C(=O)OCC1c2ccccc2-c2ccccc21. The monoisotopic (exact) mass is 517 g/mol. The third kappa shape index (κ3) is 4.64. The summed E-state index contributed by atoms with van der Waals surface area (Å²) in [6.07, 6.45) is 0.822. The largest absolute Gasteiger partial charge is 0.464 e. The molecule has 0 bridgehead atoms. The maximum atomic E-state index is 13.3. The van der Waals surface area contributed by atoms with Crippen molar-refractivity contribution in [2.24, 2.45) is 11.7 Å². The lowest BCUT2D eigenvalue weighted by Crippen LogP contribution is -2.30. The number of ether oxygens (including phenoxy) is 2. The number of benzene rings is 4. The Morgan fingerprint density at radius 3 is 1.26 bits per heavy atom. The second-order valence-corrected chi connectivity index (χ2v) is 10.2. The summed E-state index contributed by atoms with van der Waals surface area (Å²) in [5.74, 6) is -2.25. The highest BCUT2D eigenvalue weighted by molar-refractivity contribution is 5.95. The summed E-state index contributed by atoms with van der Waals surface area (Å²) < 4.78 is 11.6. The average molecular weight is 518 g/mol. The number of hydrogen-bond donors (Lipinski definition) is 1. The van der Waals surface area contributed by atoms with Gasteiger partial charge in [0.1, 0.15) is 13.2 Å². The molecule has 0 amide bonds. The summed E-state index contributed by atoms with van der Waals surface area (Å²) in [6, 6.07) is 32.7. The molecule has 6 rings (SSSR count). The summed E-state index contributed by atoms with van der Waals surface area (Å²) in [6.45, 7) is 0.717. The molecule has 0 saturated heterocycles. The van der Waals surface area contributed by atoms with Crippen LogP contribution in [0.15, 0.2) is 97.1 Å². The van der Waals surface area contributed by atoms with Crippen LogP contribution in [0, 0.1) is 5.92 Å². The molecule has 4 aromatic rings. The fraction of sp³-hybridized carbons (Fsp3) is 0.235. The van der Waals surface area contributed by atoms with Gasteiger partial charge in [-0.15, -0.1) is 0 Å². The van der Waals surface area contributed by atoms with Crippen LogP contribution in [0.3, 0.4) is 0 Å². The van der Waals surface area contributed by atoms with E-state index in [1.165, 1.54) is 0 Å². The lowest BCUT2D eigenvalue weighted by molar-refractivity contribution is -0.162. The minimum Gasteiger partial charge on any atom is -0.464 e. The van der Waals surface area contributed by atoms with Gasteiger partial charge in [0.05, 0.1) is 0 Å². The fourth-order valence-electron chi connectivity index (χ4n) is 6.06. The van der Waals surface area contributed by atoms with Crippen molar-refractivity contribution in [3.63, 3.8) is 0 Å². The zero-order valence-corrected chi connectivity index (χ0v) is 21.7. The second-order valence-electron chi connectivity index (χ2n) is 10.2. The molecule has 5 nitrogen and oxygen atoms in total. The van der Waals surface area contributed by atoms with Crippen LogP contribution in [0.4, 0.5) is 0 Å². The van der Waals surface area contributed by atoms with E-state index in [2.05, 4.69) is 48.5 Å². The summed E-state index contributed by atoms with van der Waals surface area (Å²) in [7, 11) is 0. The molecular formula is C34H31NO4. The van der Waals surface area contributed by atoms with Crippen molar-refractivity contribution in [3.8, 4) is 22.3 Å². The van der Waals surface area contributed by atoms with E-state index in [9.17, 15) is 9.59 Å². The lowest BCUT2D eigenvalue weighted by atomic mass is 9.97. The molecule has 2 aliphatic rings. The van der Waals surface area contributed by atoms with E-state index in [-0.39, 0.29) is 25.0 Å². The third-order valence-electron chi connectivity index (χ3n) is 7.98. The zero-order valence-electron chi connectivity index (χ0n) is 21.7. The van der Waals surface area contributed by atoms with Crippen LogP contribution in [-0.2, 0) is 19.1 Å². The van der Waals surface area contributed by atoms with Gasteiger partial charge in [-0.05, 0) is 63.9 Å². The minimum atomic E-state index is -1.01. The van der Waals surface area contributed by atoms with Crippen molar-refractivity contribution in [2.75, 3.05) is 19.8 Å². The summed E-state index contributed by atoms with van der Waals surface area (Å²) in [5, 5.41) is 0. The van der Waals surface area contributed by atoms with Crippen LogP contribution in [0.1, 0.15) is 46.9 Å². The van der Waals surface area contributed by atoms with Gasteiger partial charge in [0, 0.05) is 11.8 Å². The van der Waals surface area contributed by atoms with Crippen molar-refractivity contribution < 1.29 is 19.1 Å². The van der Waals surface area contributed by atoms with Crippen molar-refractivity contribution in [1.82, 2.24) is 0 Å². The highest BCUT2D eigenvalue weighted by Gasteiger charge is 2.35. The quantitative estimate of drug-likeness (QED) is 0.216.